The Labute approximate surface area is 124 Å². The second-order valence-electron chi connectivity index (χ2n) is 4.43. The summed E-state index contributed by atoms with van der Waals surface area (Å²) in [6.45, 7) is 3.57. The molecule has 1 aromatic rings. The van der Waals surface area contributed by atoms with Crippen molar-refractivity contribution in [3.8, 4) is 0 Å². The maximum Gasteiger partial charge on any atom is 0.326 e. The van der Waals surface area contributed by atoms with Crippen molar-refractivity contribution in [3.63, 3.8) is 0 Å². The molecule has 110 valence electrons. The second kappa shape index (κ2) is 7.23. The Morgan fingerprint density at radius 3 is 2.60 bits per heavy atom. The molecule has 0 aliphatic carbocycles. The standard InChI is InChI=1S/C13H16BrFN2O3/c1-3-7(2)11(12(18)19)17-13(20)16-8-4-5-9(14)10(15)6-8/h4-7,11H,3H2,1-2H3,(H,18,19)(H2,16,17,20)/t7?,11-/m0/s1. The van der Waals surface area contributed by atoms with Crippen LogP contribution in [0, 0.1) is 11.7 Å². The van der Waals surface area contributed by atoms with Crippen molar-refractivity contribution in [1.82, 2.24) is 5.32 Å². The van der Waals surface area contributed by atoms with E-state index in [0.29, 0.717) is 6.42 Å². The quantitative estimate of drug-likeness (QED) is 0.765. The predicted octanol–water partition coefficient (Wildman–Crippen LogP) is 3.21. The Balaban J connectivity index is 2.70. The molecule has 0 aliphatic rings. The highest BCUT2D eigenvalue weighted by Crippen LogP contribution is 2.19. The van der Waals surface area contributed by atoms with Gasteiger partial charge >= 0.3 is 12.0 Å². The molecule has 20 heavy (non-hydrogen) atoms. The van der Waals surface area contributed by atoms with Gasteiger partial charge in [-0.25, -0.2) is 14.0 Å². The maximum absolute atomic E-state index is 13.3. The number of carboxylic acids is 1. The first kappa shape index (κ1) is 16.4. The van der Waals surface area contributed by atoms with Crippen LogP contribution in [0.25, 0.3) is 0 Å². The average molecular weight is 347 g/mol. The minimum absolute atomic E-state index is 0.208. The number of benzene rings is 1. The van der Waals surface area contributed by atoms with Gasteiger partial charge in [-0.3, -0.25) is 0 Å². The zero-order chi connectivity index (χ0) is 15.3. The third-order valence-electron chi connectivity index (χ3n) is 2.94. The van der Waals surface area contributed by atoms with Crippen LogP contribution in [0.2, 0.25) is 0 Å². The lowest BCUT2D eigenvalue weighted by atomic mass is 9.99. The van der Waals surface area contributed by atoms with Crippen molar-refractivity contribution in [2.75, 3.05) is 5.32 Å². The van der Waals surface area contributed by atoms with E-state index in [9.17, 15) is 14.0 Å². The van der Waals surface area contributed by atoms with Crippen LogP contribution in [-0.4, -0.2) is 23.1 Å². The van der Waals surface area contributed by atoms with E-state index in [2.05, 4.69) is 26.6 Å². The molecule has 1 unspecified atom stereocenters. The summed E-state index contributed by atoms with van der Waals surface area (Å²) in [6, 6.07) is 2.43. The molecule has 0 heterocycles. The lowest BCUT2D eigenvalue weighted by Gasteiger charge is -2.20. The van der Waals surface area contributed by atoms with Crippen molar-refractivity contribution in [1.29, 1.82) is 0 Å². The van der Waals surface area contributed by atoms with E-state index < -0.39 is 23.9 Å². The molecule has 0 aromatic heterocycles. The minimum Gasteiger partial charge on any atom is -0.480 e. The molecule has 0 saturated carbocycles. The number of carboxylic acid groups (broad SMARTS) is 1. The summed E-state index contributed by atoms with van der Waals surface area (Å²) in [5.74, 6) is -1.82. The molecule has 5 nitrogen and oxygen atoms in total. The molecule has 0 spiro atoms. The number of urea groups is 1. The zero-order valence-electron chi connectivity index (χ0n) is 11.1. The van der Waals surface area contributed by atoms with Crippen molar-refractivity contribution >= 4 is 33.6 Å². The SMILES string of the molecule is CCC(C)[C@H](NC(=O)Nc1ccc(Br)c(F)c1)C(=O)O. The van der Waals surface area contributed by atoms with Gasteiger partial charge < -0.3 is 15.7 Å². The van der Waals surface area contributed by atoms with Crippen molar-refractivity contribution in [3.05, 3.63) is 28.5 Å². The van der Waals surface area contributed by atoms with Gasteiger partial charge in [0.25, 0.3) is 0 Å². The normalized spacial score (nSPS) is 13.4. The molecule has 7 heteroatoms. The highest BCUT2D eigenvalue weighted by atomic mass is 79.9. The zero-order valence-corrected chi connectivity index (χ0v) is 12.7. The van der Waals surface area contributed by atoms with Crippen LogP contribution >= 0.6 is 15.9 Å². The van der Waals surface area contributed by atoms with Gasteiger partial charge in [0.05, 0.1) is 4.47 Å². The van der Waals surface area contributed by atoms with Crippen molar-refractivity contribution < 1.29 is 19.1 Å². The van der Waals surface area contributed by atoms with Crippen LogP contribution in [0.4, 0.5) is 14.9 Å². The number of carbonyl (C=O) groups is 2. The number of amides is 2. The first-order valence-corrected chi connectivity index (χ1v) is 6.89. The minimum atomic E-state index is -1.10. The molecule has 2 amide bonds. The first-order chi connectivity index (χ1) is 9.35. The molecule has 1 aromatic carbocycles. The van der Waals surface area contributed by atoms with Crippen LogP contribution in [0.5, 0.6) is 0 Å². The topological polar surface area (TPSA) is 78.4 Å². The molecule has 0 saturated heterocycles. The van der Waals surface area contributed by atoms with E-state index in [1.165, 1.54) is 12.1 Å². The van der Waals surface area contributed by atoms with E-state index in [0.717, 1.165) is 6.07 Å². The maximum atomic E-state index is 13.3. The van der Waals surface area contributed by atoms with Crippen LogP contribution in [0.1, 0.15) is 20.3 Å². The summed E-state index contributed by atoms with van der Waals surface area (Å²) in [5.41, 5.74) is 0.247. The second-order valence-corrected chi connectivity index (χ2v) is 5.28. The summed E-state index contributed by atoms with van der Waals surface area (Å²) in [5, 5.41) is 13.8. The van der Waals surface area contributed by atoms with E-state index in [1.54, 1.807) is 6.92 Å². The van der Waals surface area contributed by atoms with Gasteiger partial charge in [0.15, 0.2) is 0 Å². The Morgan fingerprint density at radius 1 is 1.45 bits per heavy atom. The number of hydrogen-bond acceptors (Lipinski definition) is 2. The number of aliphatic carboxylic acids is 1. The molecular formula is C13H16BrFN2O3. The fourth-order valence-electron chi connectivity index (χ4n) is 1.57. The number of halogens is 2. The summed E-state index contributed by atoms with van der Waals surface area (Å²) < 4.78 is 13.6. The largest absolute Gasteiger partial charge is 0.480 e. The highest BCUT2D eigenvalue weighted by Gasteiger charge is 2.25. The fourth-order valence-corrected chi connectivity index (χ4v) is 1.81. The molecule has 0 radical (unpaired) electrons. The third-order valence-corrected chi connectivity index (χ3v) is 3.59. The summed E-state index contributed by atoms with van der Waals surface area (Å²) in [7, 11) is 0. The van der Waals surface area contributed by atoms with E-state index in [4.69, 9.17) is 5.11 Å². The molecule has 0 aliphatic heterocycles. The number of carbonyl (C=O) groups excluding carboxylic acids is 1. The van der Waals surface area contributed by atoms with E-state index in [1.807, 2.05) is 6.92 Å². The van der Waals surface area contributed by atoms with Crippen LogP contribution < -0.4 is 10.6 Å². The fraction of sp³-hybridized carbons (Fsp3) is 0.385. The predicted molar refractivity (Wildman–Crippen MR) is 77.1 cm³/mol. The van der Waals surface area contributed by atoms with Gasteiger partial charge in [0.2, 0.25) is 0 Å². The van der Waals surface area contributed by atoms with Gasteiger partial charge in [-0.2, -0.15) is 0 Å². The average Bonchev–Trinajstić information content (AvgIpc) is 2.39. The first-order valence-electron chi connectivity index (χ1n) is 6.10. The smallest absolute Gasteiger partial charge is 0.326 e. The highest BCUT2D eigenvalue weighted by molar-refractivity contribution is 9.10. The monoisotopic (exact) mass is 346 g/mol. The van der Waals surface area contributed by atoms with Crippen LogP contribution in [-0.2, 0) is 4.79 Å². The van der Waals surface area contributed by atoms with Gasteiger partial charge in [0.1, 0.15) is 11.9 Å². The van der Waals surface area contributed by atoms with Gasteiger partial charge in [-0.1, -0.05) is 20.3 Å². The van der Waals surface area contributed by atoms with Crippen molar-refractivity contribution in [2.45, 2.75) is 26.3 Å². The molecule has 3 N–H and O–H groups in total. The summed E-state index contributed by atoms with van der Waals surface area (Å²) >= 11 is 3.00. The van der Waals surface area contributed by atoms with Crippen molar-refractivity contribution in [2.24, 2.45) is 5.92 Å². The molecule has 0 fully saturated rings. The molecule has 1 rings (SSSR count). The lowest BCUT2D eigenvalue weighted by molar-refractivity contribution is -0.140. The lowest BCUT2D eigenvalue weighted by Crippen LogP contribution is -2.46. The molecule has 2 atom stereocenters. The van der Waals surface area contributed by atoms with E-state index in [-0.39, 0.29) is 16.1 Å². The van der Waals surface area contributed by atoms with Crippen LogP contribution in [0.3, 0.4) is 0 Å². The Morgan fingerprint density at radius 2 is 2.10 bits per heavy atom. The third kappa shape index (κ3) is 4.48. The summed E-state index contributed by atoms with van der Waals surface area (Å²) in [6.07, 6.45) is 0.615. The van der Waals surface area contributed by atoms with Crippen LogP contribution in [0.15, 0.2) is 22.7 Å². The number of anilines is 1. The molecule has 0 bridgehead atoms. The van der Waals surface area contributed by atoms with Gasteiger partial charge in [0, 0.05) is 5.69 Å². The molecular weight excluding hydrogens is 331 g/mol. The number of hydrogen-bond donors (Lipinski definition) is 3. The number of nitrogens with one attached hydrogen (secondary N) is 2. The Hall–Kier alpha value is -1.63. The summed E-state index contributed by atoms with van der Waals surface area (Å²) in [4.78, 5) is 22.8. The van der Waals surface area contributed by atoms with Gasteiger partial charge in [-0.15, -0.1) is 0 Å². The Kier molecular flexibility index (Phi) is 5.94. The Bertz CT molecular complexity index is 510. The number of rotatable bonds is 5. The van der Waals surface area contributed by atoms with Gasteiger partial charge in [-0.05, 0) is 40.0 Å². The van der Waals surface area contributed by atoms with E-state index >= 15 is 0 Å².